The lowest BCUT2D eigenvalue weighted by molar-refractivity contribution is -1.05. The maximum atomic E-state index is 2.70. The second-order valence-corrected chi connectivity index (χ2v) is 7.87. The van der Waals surface area contributed by atoms with Crippen molar-refractivity contribution in [3.05, 3.63) is 12.2 Å². The molecule has 0 radical (unpaired) electrons. The topological polar surface area (TPSA) is 3.24 Å². The fourth-order valence-electron chi connectivity index (χ4n) is 4.63. The molecule has 2 atom stereocenters. The van der Waals surface area contributed by atoms with E-state index in [1.165, 1.54) is 77.2 Å². The Morgan fingerprint density at radius 1 is 0.769 bits per heavy atom. The minimum Gasteiger partial charge on any atom is -0.238 e. The summed E-state index contributed by atoms with van der Waals surface area (Å²) in [6, 6.07) is 0.764. The van der Waals surface area contributed by atoms with Crippen molar-refractivity contribution >= 4 is 0 Å². The second-order valence-electron chi connectivity index (χ2n) is 7.87. The lowest BCUT2D eigenvalue weighted by Crippen LogP contribution is -2.65. The molecule has 2 nitrogen and oxygen atoms in total. The summed E-state index contributed by atoms with van der Waals surface area (Å²) in [5.41, 5.74) is 0. The quantitative estimate of drug-likeness (QED) is 0.106. The molecule has 0 spiro atoms. The van der Waals surface area contributed by atoms with Crippen LogP contribution in [0, 0.1) is 0 Å². The van der Waals surface area contributed by atoms with Gasteiger partial charge in [-0.3, -0.25) is 0 Å². The van der Waals surface area contributed by atoms with Crippen molar-refractivity contribution in [3.63, 3.8) is 0 Å². The average molecular weight is 368 g/mol. The number of rotatable bonds is 18. The van der Waals surface area contributed by atoms with E-state index in [2.05, 4.69) is 58.7 Å². The molecule has 156 valence electrons. The average Bonchev–Trinajstić information content (AvgIpc) is 2.67. The third-order valence-corrected chi connectivity index (χ3v) is 6.29. The van der Waals surface area contributed by atoms with Crippen LogP contribution in [0.3, 0.4) is 0 Å². The summed E-state index contributed by atoms with van der Waals surface area (Å²) < 4.78 is 1.16. The largest absolute Gasteiger partial charge is 0.238 e. The summed E-state index contributed by atoms with van der Waals surface area (Å²) in [7, 11) is 0. The number of unbranched alkanes of at least 4 members (excludes halogenated alkanes) is 8. The normalized spacial score (nSPS) is 15.7. The zero-order valence-electron chi connectivity index (χ0n) is 19.2. The summed E-state index contributed by atoms with van der Waals surface area (Å²) in [5, 5.41) is 2.70. The van der Waals surface area contributed by atoms with Gasteiger partial charge in [-0.15, -0.1) is 0 Å². The molecule has 0 heterocycles. The molecule has 0 aliphatic heterocycles. The Hall–Kier alpha value is -0.340. The van der Waals surface area contributed by atoms with Gasteiger partial charge in [0.25, 0.3) is 0 Å². The molecule has 0 saturated carbocycles. The van der Waals surface area contributed by atoms with Crippen molar-refractivity contribution in [2.24, 2.45) is 0 Å². The summed E-state index contributed by atoms with van der Waals surface area (Å²) >= 11 is 0. The van der Waals surface area contributed by atoms with Crippen molar-refractivity contribution in [2.45, 2.75) is 118 Å². The number of allylic oxidation sites excluding steroid dienone is 1. The van der Waals surface area contributed by atoms with Crippen LogP contribution >= 0.6 is 0 Å². The van der Waals surface area contributed by atoms with Crippen LogP contribution in [-0.4, -0.2) is 41.8 Å². The molecule has 0 rings (SSSR count). The molecule has 0 N–H and O–H groups in total. The minimum absolute atomic E-state index is 0.764. The Morgan fingerprint density at radius 2 is 1.31 bits per heavy atom. The zero-order valence-corrected chi connectivity index (χ0v) is 19.2. The van der Waals surface area contributed by atoms with E-state index in [0.29, 0.717) is 0 Å². The van der Waals surface area contributed by atoms with Crippen LogP contribution in [0.15, 0.2) is 12.2 Å². The number of nitrogens with zero attached hydrogens (tertiary/aromatic N) is 2. The van der Waals surface area contributed by atoms with Crippen molar-refractivity contribution in [1.82, 2.24) is 5.01 Å². The van der Waals surface area contributed by atoms with Crippen molar-refractivity contribution in [1.29, 1.82) is 0 Å². The van der Waals surface area contributed by atoms with Gasteiger partial charge < -0.3 is 0 Å². The maximum Gasteiger partial charge on any atom is 0.115 e. The van der Waals surface area contributed by atoms with Crippen LogP contribution in [0.5, 0.6) is 0 Å². The van der Waals surface area contributed by atoms with Gasteiger partial charge in [-0.1, -0.05) is 71.3 Å². The molecule has 0 aromatic heterocycles. The van der Waals surface area contributed by atoms with Gasteiger partial charge in [0, 0.05) is 19.5 Å². The molecule has 2 heteroatoms. The minimum atomic E-state index is 0.764. The van der Waals surface area contributed by atoms with E-state index in [-0.39, 0.29) is 0 Å². The van der Waals surface area contributed by atoms with Gasteiger partial charge >= 0.3 is 0 Å². The molecular weight excluding hydrogens is 316 g/mol. The molecule has 0 aromatic rings. The fourth-order valence-corrected chi connectivity index (χ4v) is 4.63. The van der Waals surface area contributed by atoms with Gasteiger partial charge in [0.15, 0.2) is 0 Å². The van der Waals surface area contributed by atoms with Gasteiger partial charge in [-0.05, 0) is 46.6 Å². The first-order chi connectivity index (χ1) is 12.7. The predicted octanol–water partition coefficient (Wildman–Crippen LogP) is 7.36. The number of quaternary nitrogens is 1. The van der Waals surface area contributed by atoms with E-state index in [9.17, 15) is 0 Å². The standard InChI is InChI=1S/C24H51N2/c1-7-13-15-16-17-18-19-20-21-22-24(9-3)26(12-6,23-14-8-2)25(10-4)11-5/h8,14,24H,7,9-13,15-23H2,1-6H3/q+1/b14-8+. The smallest absolute Gasteiger partial charge is 0.115 e. The van der Waals surface area contributed by atoms with Crippen molar-refractivity contribution < 1.29 is 4.59 Å². The van der Waals surface area contributed by atoms with E-state index in [4.69, 9.17) is 0 Å². The SMILES string of the molecule is C/C=C/C[N+](CC)(C(CC)CCCCCCCCCCC)N(CC)CC. The first-order valence-electron chi connectivity index (χ1n) is 11.9. The van der Waals surface area contributed by atoms with Crippen LogP contribution in [0.1, 0.15) is 112 Å². The molecule has 0 saturated heterocycles. The molecule has 0 aliphatic carbocycles. The van der Waals surface area contributed by atoms with Gasteiger partial charge in [0.05, 0.1) is 6.54 Å². The Kier molecular flexibility index (Phi) is 16.6. The zero-order chi connectivity index (χ0) is 19.7. The second kappa shape index (κ2) is 16.8. The molecule has 0 bridgehead atoms. The Labute approximate surface area is 166 Å². The maximum absolute atomic E-state index is 2.70. The van der Waals surface area contributed by atoms with Gasteiger partial charge in [0.1, 0.15) is 12.6 Å². The monoisotopic (exact) mass is 367 g/mol. The molecule has 2 unspecified atom stereocenters. The third kappa shape index (κ3) is 9.04. The van der Waals surface area contributed by atoms with Crippen molar-refractivity contribution in [2.75, 3.05) is 26.2 Å². The first kappa shape index (κ1) is 25.7. The van der Waals surface area contributed by atoms with Gasteiger partial charge in [0.2, 0.25) is 0 Å². The van der Waals surface area contributed by atoms with Crippen LogP contribution in [0.25, 0.3) is 0 Å². The highest BCUT2D eigenvalue weighted by Crippen LogP contribution is 2.26. The lowest BCUT2D eigenvalue weighted by atomic mass is 10.0. The van der Waals surface area contributed by atoms with E-state index in [1.54, 1.807) is 0 Å². The highest BCUT2D eigenvalue weighted by Gasteiger charge is 2.38. The van der Waals surface area contributed by atoms with Crippen LogP contribution in [0.2, 0.25) is 0 Å². The van der Waals surface area contributed by atoms with Gasteiger partial charge in [-0.25, -0.2) is 4.59 Å². The molecule has 0 aliphatic rings. The fraction of sp³-hybridized carbons (Fsp3) is 0.917. The lowest BCUT2D eigenvalue weighted by Gasteiger charge is -2.49. The van der Waals surface area contributed by atoms with Crippen LogP contribution in [-0.2, 0) is 0 Å². The first-order valence-corrected chi connectivity index (χ1v) is 11.9. The van der Waals surface area contributed by atoms with Crippen LogP contribution in [0.4, 0.5) is 0 Å². The number of hydrogen-bond acceptors (Lipinski definition) is 1. The van der Waals surface area contributed by atoms with E-state index in [1.807, 2.05) is 0 Å². The number of likely N-dealkylation sites (N-methyl/N-ethyl adjacent to an activating group) is 1. The number of hydrogen-bond donors (Lipinski definition) is 0. The highest BCUT2D eigenvalue weighted by molar-refractivity contribution is 4.78. The molecule has 0 aromatic carbocycles. The van der Waals surface area contributed by atoms with Gasteiger partial charge in [-0.2, -0.15) is 5.01 Å². The van der Waals surface area contributed by atoms with E-state index in [0.717, 1.165) is 30.3 Å². The van der Waals surface area contributed by atoms with Crippen molar-refractivity contribution in [3.8, 4) is 0 Å². The molecule has 26 heavy (non-hydrogen) atoms. The molecule has 0 amide bonds. The third-order valence-electron chi connectivity index (χ3n) is 6.29. The van der Waals surface area contributed by atoms with E-state index < -0.39 is 0 Å². The summed E-state index contributed by atoms with van der Waals surface area (Å²) in [6.07, 6.45) is 20.1. The van der Waals surface area contributed by atoms with Crippen LogP contribution < -0.4 is 0 Å². The Balaban J connectivity index is 4.52. The van der Waals surface area contributed by atoms with E-state index >= 15 is 0 Å². The molecular formula is C24H51N2+. The summed E-state index contributed by atoms with van der Waals surface area (Å²) in [5.74, 6) is 0. The molecule has 0 fully saturated rings. The Bertz CT molecular complexity index is 322. The summed E-state index contributed by atoms with van der Waals surface area (Å²) in [4.78, 5) is 0. The predicted molar refractivity (Wildman–Crippen MR) is 119 cm³/mol. The summed E-state index contributed by atoms with van der Waals surface area (Å²) in [6.45, 7) is 18.6. The highest BCUT2D eigenvalue weighted by atomic mass is 15.8. The Morgan fingerprint density at radius 3 is 1.73 bits per heavy atom.